The van der Waals surface area contributed by atoms with E-state index < -0.39 is 32.1 Å². The number of rotatable bonds is 9. The van der Waals surface area contributed by atoms with Crippen molar-refractivity contribution < 1.29 is 26.9 Å². The van der Waals surface area contributed by atoms with Crippen LogP contribution in [0.5, 0.6) is 0 Å². The number of hydrogen-bond acceptors (Lipinski definition) is 7. The molecule has 0 aliphatic carbocycles. The molecule has 29 heavy (non-hydrogen) atoms. The summed E-state index contributed by atoms with van der Waals surface area (Å²) in [6, 6.07) is 9.17. The SMILES string of the molecule is CS(=O)(=O)c1ccc(NCCNC(=O)c2ccc(SC(F)F)cc2)c([N+](=O)[O-])c1. The number of nitrogens with one attached hydrogen (secondary N) is 2. The zero-order chi connectivity index (χ0) is 21.6. The molecule has 0 heterocycles. The van der Waals surface area contributed by atoms with Crippen LogP contribution in [0, 0.1) is 10.1 Å². The molecule has 0 saturated heterocycles. The minimum atomic E-state index is -3.58. The van der Waals surface area contributed by atoms with Gasteiger partial charge in [0.2, 0.25) is 0 Å². The number of nitro benzene ring substituents is 1. The molecule has 2 N–H and O–H groups in total. The number of nitrogens with zero attached hydrogens (tertiary/aromatic N) is 1. The quantitative estimate of drug-likeness (QED) is 0.263. The van der Waals surface area contributed by atoms with Gasteiger partial charge in [0.25, 0.3) is 17.4 Å². The molecule has 0 aliphatic rings. The van der Waals surface area contributed by atoms with Gasteiger partial charge in [-0.15, -0.1) is 0 Å². The lowest BCUT2D eigenvalue weighted by molar-refractivity contribution is -0.384. The van der Waals surface area contributed by atoms with Gasteiger partial charge >= 0.3 is 0 Å². The first kappa shape index (κ1) is 22.6. The third-order valence-electron chi connectivity index (χ3n) is 3.66. The van der Waals surface area contributed by atoms with Crippen LogP contribution in [0.2, 0.25) is 0 Å². The first-order chi connectivity index (χ1) is 13.6. The summed E-state index contributed by atoms with van der Waals surface area (Å²) in [6.45, 7) is 0.265. The lowest BCUT2D eigenvalue weighted by Crippen LogP contribution is -2.28. The van der Waals surface area contributed by atoms with E-state index in [4.69, 9.17) is 0 Å². The van der Waals surface area contributed by atoms with E-state index in [1.165, 1.54) is 36.4 Å². The van der Waals surface area contributed by atoms with E-state index in [1.54, 1.807) is 0 Å². The van der Waals surface area contributed by atoms with Crippen molar-refractivity contribution in [1.82, 2.24) is 5.32 Å². The number of alkyl halides is 2. The van der Waals surface area contributed by atoms with Gasteiger partial charge in [0.1, 0.15) is 5.69 Å². The number of halogens is 2. The van der Waals surface area contributed by atoms with Crippen LogP contribution in [0.3, 0.4) is 0 Å². The number of sulfone groups is 1. The Kier molecular flexibility index (Phi) is 7.51. The predicted octanol–water partition coefficient (Wildman–Crippen LogP) is 3.15. The molecule has 12 heteroatoms. The third-order valence-corrected chi connectivity index (χ3v) is 5.49. The number of nitro groups is 1. The van der Waals surface area contributed by atoms with Crippen molar-refractivity contribution in [2.24, 2.45) is 0 Å². The smallest absolute Gasteiger partial charge is 0.293 e. The molecular weight excluding hydrogens is 428 g/mol. The van der Waals surface area contributed by atoms with E-state index in [9.17, 15) is 32.1 Å². The molecule has 0 atom stereocenters. The fraction of sp³-hybridized carbons (Fsp3) is 0.235. The summed E-state index contributed by atoms with van der Waals surface area (Å²) in [4.78, 5) is 22.7. The summed E-state index contributed by atoms with van der Waals surface area (Å²) in [7, 11) is -3.58. The second-order valence-corrected chi connectivity index (χ2v) is 8.87. The van der Waals surface area contributed by atoms with Crippen molar-refractivity contribution in [2.75, 3.05) is 24.7 Å². The first-order valence-corrected chi connectivity index (χ1v) is 10.9. The Labute approximate surface area is 169 Å². The third kappa shape index (κ3) is 6.68. The number of hydrogen-bond donors (Lipinski definition) is 2. The Morgan fingerprint density at radius 3 is 2.38 bits per heavy atom. The number of carbonyl (C=O) groups is 1. The summed E-state index contributed by atoms with van der Waals surface area (Å²) < 4.78 is 47.6. The molecule has 0 radical (unpaired) electrons. The highest BCUT2D eigenvalue weighted by molar-refractivity contribution is 7.99. The van der Waals surface area contributed by atoms with Gasteiger partial charge in [-0.05, 0) is 36.4 Å². The minimum Gasteiger partial charge on any atom is -0.378 e. The van der Waals surface area contributed by atoms with Gasteiger partial charge in [-0.1, -0.05) is 11.8 Å². The second-order valence-electron chi connectivity index (χ2n) is 5.79. The first-order valence-electron chi connectivity index (χ1n) is 8.13. The van der Waals surface area contributed by atoms with Gasteiger partial charge in [0.05, 0.1) is 9.82 Å². The monoisotopic (exact) mass is 445 g/mol. The molecular formula is C17H17F2N3O5S2. The Bertz CT molecular complexity index is 999. The zero-order valence-corrected chi connectivity index (χ0v) is 16.7. The maximum Gasteiger partial charge on any atom is 0.293 e. The number of amides is 1. The van der Waals surface area contributed by atoms with Crippen molar-refractivity contribution in [3.05, 3.63) is 58.1 Å². The van der Waals surface area contributed by atoms with Crippen molar-refractivity contribution in [3.63, 3.8) is 0 Å². The lowest BCUT2D eigenvalue weighted by atomic mass is 10.2. The minimum absolute atomic E-state index is 0.116. The highest BCUT2D eigenvalue weighted by atomic mass is 32.2. The summed E-state index contributed by atoms with van der Waals surface area (Å²) in [6.07, 6.45) is 0.952. The van der Waals surface area contributed by atoms with E-state index in [0.717, 1.165) is 12.3 Å². The largest absolute Gasteiger partial charge is 0.378 e. The van der Waals surface area contributed by atoms with Gasteiger partial charge in [-0.25, -0.2) is 8.42 Å². The molecule has 2 aromatic rings. The average molecular weight is 445 g/mol. The van der Waals surface area contributed by atoms with Crippen molar-refractivity contribution in [2.45, 2.75) is 15.5 Å². The average Bonchev–Trinajstić information content (AvgIpc) is 2.64. The summed E-state index contributed by atoms with van der Waals surface area (Å²) in [5.41, 5.74) is 0.00324. The normalized spacial score (nSPS) is 11.3. The molecule has 156 valence electrons. The molecule has 0 spiro atoms. The van der Waals surface area contributed by atoms with Crippen molar-refractivity contribution >= 4 is 38.9 Å². The Hall–Kier alpha value is -2.73. The highest BCUT2D eigenvalue weighted by Gasteiger charge is 2.18. The van der Waals surface area contributed by atoms with Crippen LogP contribution in [-0.4, -0.2) is 44.4 Å². The zero-order valence-electron chi connectivity index (χ0n) is 15.1. The maximum atomic E-state index is 12.3. The van der Waals surface area contributed by atoms with Crippen LogP contribution >= 0.6 is 11.8 Å². The van der Waals surface area contributed by atoms with Crippen LogP contribution < -0.4 is 10.6 Å². The molecule has 1 amide bonds. The number of thioether (sulfide) groups is 1. The Morgan fingerprint density at radius 1 is 1.17 bits per heavy atom. The Morgan fingerprint density at radius 2 is 1.83 bits per heavy atom. The second kappa shape index (κ2) is 9.65. The molecule has 0 aromatic heterocycles. The van der Waals surface area contributed by atoms with Gasteiger partial charge in [0.15, 0.2) is 9.84 Å². The van der Waals surface area contributed by atoms with E-state index >= 15 is 0 Å². The van der Waals surface area contributed by atoms with Crippen LogP contribution in [-0.2, 0) is 9.84 Å². The van der Waals surface area contributed by atoms with E-state index in [-0.39, 0.29) is 29.2 Å². The van der Waals surface area contributed by atoms with Crippen LogP contribution in [0.1, 0.15) is 10.4 Å². The van der Waals surface area contributed by atoms with E-state index in [0.29, 0.717) is 16.7 Å². The fourth-order valence-electron chi connectivity index (χ4n) is 2.31. The molecule has 2 rings (SSSR count). The highest BCUT2D eigenvalue weighted by Crippen LogP contribution is 2.27. The van der Waals surface area contributed by atoms with Crippen molar-refractivity contribution in [3.8, 4) is 0 Å². The maximum absolute atomic E-state index is 12.3. The molecule has 8 nitrogen and oxygen atoms in total. The van der Waals surface area contributed by atoms with Gasteiger partial charge < -0.3 is 10.6 Å². The van der Waals surface area contributed by atoms with Crippen molar-refractivity contribution in [1.29, 1.82) is 0 Å². The lowest BCUT2D eigenvalue weighted by Gasteiger charge is -2.10. The number of anilines is 1. The molecule has 0 aliphatic heterocycles. The molecule has 2 aromatic carbocycles. The summed E-state index contributed by atoms with van der Waals surface area (Å²) in [5, 5.41) is 16.5. The van der Waals surface area contributed by atoms with Gasteiger partial charge in [0, 0.05) is 35.9 Å². The topological polar surface area (TPSA) is 118 Å². The van der Waals surface area contributed by atoms with Crippen LogP contribution in [0.4, 0.5) is 20.2 Å². The fourth-order valence-corrected chi connectivity index (χ4v) is 3.45. The number of carbonyl (C=O) groups excluding carboxylic acids is 1. The molecule has 0 unspecified atom stereocenters. The van der Waals surface area contributed by atoms with Crippen LogP contribution in [0.15, 0.2) is 52.3 Å². The van der Waals surface area contributed by atoms with E-state index in [2.05, 4.69) is 10.6 Å². The Balaban J connectivity index is 1.93. The van der Waals surface area contributed by atoms with Gasteiger partial charge in [-0.3, -0.25) is 14.9 Å². The summed E-state index contributed by atoms with van der Waals surface area (Å²) in [5.74, 6) is -2.97. The van der Waals surface area contributed by atoms with Crippen LogP contribution in [0.25, 0.3) is 0 Å². The molecule has 0 bridgehead atoms. The molecule has 0 fully saturated rings. The standard InChI is InChI=1S/C17H17F2N3O5S2/c1-29(26,27)13-6-7-14(15(10-13)22(24)25)20-8-9-21-16(23)11-2-4-12(5-3-11)28-17(18)19/h2-7,10,17,20H,8-9H2,1H3,(H,21,23). The molecule has 0 saturated carbocycles. The van der Waals surface area contributed by atoms with E-state index in [1.807, 2.05) is 0 Å². The summed E-state index contributed by atoms with van der Waals surface area (Å²) >= 11 is 0.376. The number of benzene rings is 2. The predicted molar refractivity (Wildman–Crippen MR) is 105 cm³/mol. The van der Waals surface area contributed by atoms with Gasteiger partial charge in [-0.2, -0.15) is 8.78 Å².